The molecule has 0 aliphatic heterocycles. The Kier molecular flexibility index (Phi) is 7.80. The maximum atomic E-state index is 12.7. The Labute approximate surface area is 198 Å². The molecule has 1 atom stereocenters. The van der Waals surface area contributed by atoms with Gasteiger partial charge >= 0.3 is 6.36 Å². The van der Waals surface area contributed by atoms with E-state index in [1.807, 2.05) is 39.0 Å². The highest BCUT2D eigenvalue weighted by atomic mass is 79.9. The van der Waals surface area contributed by atoms with E-state index in [2.05, 4.69) is 41.3 Å². The highest BCUT2D eigenvalue weighted by molar-refractivity contribution is 9.10. The second-order valence-corrected chi connectivity index (χ2v) is 8.72. The molecule has 33 heavy (non-hydrogen) atoms. The first kappa shape index (κ1) is 24.8. The summed E-state index contributed by atoms with van der Waals surface area (Å²) in [7, 11) is 0. The number of anilines is 3. The average Bonchev–Trinajstić information content (AvgIpc) is 2.72. The summed E-state index contributed by atoms with van der Waals surface area (Å²) in [5, 5.41) is 16.0. The van der Waals surface area contributed by atoms with E-state index in [1.54, 1.807) is 12.1 Å². The third kappa shape index (κ3) is 7.06. The molecular formula is C23H24BrF3N4O2. The number of nitrogens with zero attached hydrogens (tertiary/aromatic N) is 2. The fourth-order valence-corrected chi connectivity index (χ4v) is 3.55. The van der Waals surface area contributed by atoms with Crippen LogP contribution < -0.4 is 15.4 Å². The molecular weight excluding hydrogens is 501 g/mol. The van der Waals surface area contributed by atoms with Crippen molar-refractivity contribution in [3.05, 3.63) is 58.6 Å². The number of nitrogens with one attached hydrogen (secondary N) is 2. The molecule has 0 saturated heterocycles. The summed E-state index contributed by atoms with van der Waals surface area (Å²) in [6, 6.07) is 12.6. The average molecular weight is 525 g/mol. The van der Waals surface area contributed by atoms with Gasteiger partial charge in [0.15, 0.2) is 0 Å². The van der Waals surface area contributed by atoms with E-state index in [0.717, 1.165) is 15.7 Å². The van der Waals surface area contributed by atoms with Crippen LogP contribution in [0.3, 0.4) is 0 Å². The molecule has 3 N–H and O–H groups in total. The zero-order valence-electron chi connectivity index (χ0n) is 18.2. The minimum Gasteiger partial charge on any atom is -0.406 e. The standard InChI is InChI=1S/C23H24BrF3N4O2/c1-13(2)20(12-32)30-22-29-19(15-5-4-6-17(10-15)33-23(25,26)27)11-21(31-22)28-18-8-7-16(24)9-14(18)3/h4-11,13,20,32H,12H2,1-3H3,(H2,28,29,30,31)/t20-/m0/s1. The van der Waals surface area contributed by atoms with E-state index >= 15 is 0 Å². The summed E-state index contributed by atoms with van der Waals surface area (Å²) in [6.07, 6.45) is -4.80. The molecule has 0 aliphatic carbocycles. The lowest BCUT2D eigenvalue weighted by molar-refractivity contribution is -0.274. The molecule has 2 aromatic carbocycles. The van der Waals surface area contributed by atoms with E-state index < -0.39 is 6.36 Å². The van der Waals surface area contributed by atoms with Gasteiger partial charge in [0.2, 0.25) is 5.95 Å². The normalized spacial score (nSPS) is 12.5. The number of ether oxygens (including phenoxy) is 1. The van der Waals surface area contributed by atoms with Crippen LogP contribution in [0.15, 0.2) is 53.0 Å². The van der Waals surface area contributed by atoms with Gasteiger partial charge in [0.25, 0.3) is 0 Å². The molecule has 176 valence electrons. The first-order valence-electron chi connectivity index (χ1n) is 10.2. The molecule has 0 saturated carbocycles. The molecule has 0 spiro atoms. The van der Waals surface area contributed by atoms with Crippen LogP contribution in [-0.2, 0) is 0 Å². The van der Waals surface area contributed by atoms with Crippen LogP contribution in [0.1, 0.15) is 19.4 Å². The number of aliphatic hydroxyl groups excluding tert-OH is 1. The number of aryl methyl sites for hydroxylation is 1. The minimum absolute atomic E-state index is 0.0934. The summed E-state index contributed by atoms with van der Waals surface area (Å²) in [6.45, 7) is 5.70. The summed E-state index contributed by atoms with van der Waals surface area (Å²) in [4.78, 5) is 8.97. The van der Waals surface area contributed by atoms with Crippen molar-refractivity contribution in [1.82, 2.24) is 9.97 Å². The second kappa shape index (κ2) is 10.4. The highest BCUT2D eigenvalue weighted by Crippen LogP contribution is 2.30. The van der Waals surface area contributed by atoms with Crippen LogP contribution in [0.2, 0.25) is 0 Å². The quantitative estimate of drug-likeness (QED) is 0.321. The van der Waals surface area contributed by atoms with Gasteiger partial charge in [-0.05, 0) is 48.7 Å². The van der Waals surface area contributed by atoms with Crippen LogP contribution in [0, 0.1) is 12.8 Å². The van der Waals surface area contributed by atoms with Gasteiger partial charge in [0.05, 0.1) is 18.3 Å². The lowest BCUT2D eigenvalue weighted by Crippen LogP contribution is -2.30. The van der Waals surface area contributed by atoms with Gasteiger partial charge in [-0.15, -0.1) is 13.2 Å². The SMILES string of the molecule is Cc1cc(Br)ccc1Nc1cc(-c2cccc(OC(F)(F)F)c2)nc(N[C@@H](CO)C(C)C)n1. The molecule has 3 rings (SSSR count). The van der Waals surface area contributed by atoms with Gasteiger partial charge in [-0.3, -0.25) is 0 Å². The Balaban J connectivity index is 2.02. The van der Waals surface area contributed by atoms with Crippen LogP contribution >= 0.6 is 15.9 Å². The summed E-state index contributed by atoms with van der Waals surface area (Å²) >= 11 is 3.43. The van der Waals surface area contributed by atoms with Gasteiger partial charge in [0.1, 0.15) is 11.6 Å². The smallest absolute Gasteiger partial charge is 0.406 e. The monoisotopic (exact) mass is 524 g/mol. The van der Waals surface area contributed by atoms with Crippen molar-refractivity contribution in [1.29, 1.82) is 0 Å². The predicted octanol–water partition coefficient (Wildman–Crippen LogP) is 6.29. The maximum Gasteiger partial charge on any atom is 0.573 e. The molecule has 1 heterocycles. The Bertz CT molecular complexity index is 1110. The van der Waals surface area contributed by atoms with E-state index in [-0.39, 0.29) is 30.3 Å². The van der Waals surface area contributed by atoms with Crippen molar-refractivity contribution in [2.24, 2.45) is 5.92 Å². The van der Waals surface area contributed by atoms with Gasteiger partial charge in [-0.1, -0.05) is 41.9 Å². The number of hydrogen-bond donors (Lipinski definition) is 3. The number of halogens is 4. The number of hydrogen-bond acceptors (Lipinski definition) is 6. The molecule has 0 radical (unpaired) electrons. The first-order chi connectivity index (χ1) is 15.5. The molecule has 0 fully saturated rings. The fourth-order valence-electron chi connectivity index (χ4n) is 3.07. The van der Waals surface area contributed by atoms with Crippen LogP contribution in [0.5, 0.6) is 5.75 Å². The van der Waals surface area contributed by atoms with Crippen molar-refractivity contribution in [3.63, 3.8) is 0 Å². The van der Waals surface area contributed by atoms with Crippen molar-refractivity contribution < 1.29 is 23.0 Å². The summed E-state index contributed by atoms with van der Waals surface area (Å²) in [5.41, 5.74) is 2.58. The maximum absolute atomic E-state index is 12.7. The Morgan fingerprint density at radius 1 is 1.09 bits per heavy atom. The highest BCUT2D eigenvalue weighted by Gasteiger charge is 2.31. The predicted molar refractivity (Wildman–Crippen MR) is 126 cm³/mol. The van der Waals surface area contributed by atoms with E-state index in [4.69, 9.17) is 0 Å². The van der Waals surface area contributed by atoms with Crippen LogP contribution in [0.4, 0.5) is 30.6 Å². The molecule has 0 amide bonds. The lowest BCUT2D eigenvalue weighted by Gasteiger charge is -2.21. The lowest BCUT2D eigenvalue weighted by atomic mass is 10.1. The second-order valence-electron chi connectivity index (χ2n) is 7.80. The number of alkyl halides is 3. The third-order valence-corrected chi connectivity index (χ3v) is 5.35. The summed E-state index contributed by atoms with van der Waals surface area (Å²) in [5.74, 6) is 0.424. The first-order valence-corrected chi connectivity index (χ1v) is 11.0. The number of aromatic nitrogens is 2. The number of rotatable bonds is 8. The Hall–Kier alpha value is -2.85. The van der Waals surface area contributed by atoms with Crippen molar-refractivity contribution in [3.8, 4) is 17.0 Å². The van der Waals surface area contributed by atoms with Gasteiger partial charge in [0, 0.05) is 21.8 Å². The van der Waals surface area contributed by atoms with Gasteiger partial charge in [-0.2, -0.15) is 4.98 Å². The number of benzene rings is 2. The van der Waals surface area contributed by atoms with Crippen molar-refractivity contribution >= 4 is 33.4 Å². The molecule has 0 bridgehead atoms. The Morgan fingerprint density at radius 3 is 2.48 bits per heavy atom. The van der Waals surface area contributed by atoms with E-state index in [9.17, 15) is 18.3 Å². The largest absolute Gasteiger partial charge is 0.573 e. The van der Waals surface area contributed by atoms with E-state index in [1.165, 1.54) is 18.2 Å². The van der Waals surface area contributed by atoms with Crippen molar-refractivity contribution in [2.75, 3.05) is 17.2 Å². The molecule has 0 unspecified atom stereocenters. The Morgan fingerprint density at radius 2 is 1.85 bits per heavy atom. The van der Waals surface area contributed by atoms with Gasteiger partial charge in [-0.25, -0.2) is 4.98 Å². The zero-order chi connectivity index (χ0) is 24.2. The summed E-state index contributed by atoms with van der Waals surface area (Å²) < 4.78 is 43.0. The molecule has 3 aromatic rings. The fraction of sp³-hybridized carbons (Fsp3) is 0.304. The third-order valence-electron chi connectivity index (χ3n) is 4.86. The molecule has 10 heteroatoms. The molecule has 1 aromatic heterocycles. The van der Waals surface area contributed by atoms with Crippen LogP contribution in [0.25, 0.3) is 11.3 Å². The zero-order valence-corrected chi connectivity index (χ0v) is 19.8. The van der Waals surface area contributed by atoms with Crippen LogP contribution in [-0.4, -0.2) is 34.1 Å². The molecule has 0 aliphatic rings. The van der Waals surface area contributed by atoms with Gasteiger partial charge < -0.3 is 20.5 Å². The van der Waals surface area contributed by atoms with E-state index in [0.29, 0.717) is 17.1 Å². The van der Waals surface area contributed by atoms with Crippen molar-refractivity contribution in [2.45, 2.75) is 33.2 Å². The topological polar surface area (TPSA) is 79.3 Å². The molecule has 6 nitrogen and oxygen atoms in total. The number of aliphatic hydroxyl groups is 1. The minimum atomic E-state index is -4.80.